The normalized spacial score (nSPS) is 25.0. The molecule has 0 bridgehead atoms. The third kappa shape index (κ3) is 4.07. The Morgan fingerprint density at radius 1 is 1.25 bits per heavy atom. The molecule has 1 N–H and O–H groups in total. The van der Waals surface area contributed by atoms with E-state index in [0.29, 0.717) is 24.8 Å². The Bertz CT molecular complexity index is 721. The molecule has 0 spiro atoms. The number of likely N-dealkylation sites (tertiary alicyclic amines) is 1. The molecule has 0 aromatic carbocycles. The van der Waals surface area contributed by atoms with Crippen LogP contribution in [0.4, 0.5) is 0 Å². The Morgan fingerprint density at radius 2 is 2.00 bits per heavy atom. The van der Waals surface area contributed by atoms with E-state index in [1.165, 1.54) is 19.3 Å². The third-order valence-electron chi connectivity index (χ3n) is 6.42. The van der Waals surface area contributed by atoms with Crippen LogP contribution >= 0.6 is 0 Å². The van der Waals surface area contributed by atoms with E-state index in [4.69, 9.17) is 4.74 Å². The lowest BCUT2D eigenvalue weighted by Gasteiger charge is -2.45. The van der Waals surface area contributed by atoms with Gasteiger partial charge in [0.2, 0.25) is 5.91 Å². The van der Waals surface area contributed by atoms with E-state index >= 15 is 0 Å². The maximum absolute atomic E-state index is 12.4. The van der Waals surface area contributed by atoms with E-state index in [1.807, 2.05) is 11.8 Å². The van der Waals surface area contributed by atoms with Crippen LogP contribution in [0.1, 0.15) is 48.3 Å². The Hall–Kier alpha value is -1.93. The van der Waals surface area contributed by atoms with E-state index in [2.05, 4.69) is 15.3 Å². The summed E-state index contributed by atoms with van der Waals surface area (Å²) in [5, 5.41) is 7.13. The average molecular weight is 390 g/mol. The van der Waals surface area contributed by atoms with Gasteiger partial charge in [0.05, 0.1) is 11.8 Å². The summed E-state index contributed by atoms with van der Waals surface area (Å²) in [7, 11) is 1.76. The maximum atomic E-state index is 12.4. The van der Waals surface area contributed by atoms with Crippen molar-refractivity contribution in [1.29, 1.82) is 0 Å². The molecule has 1 atom stereocenters. The Balaban J connectivity index is 1.28. The second-order valence-corrected chi connectivity index (χ2v) is 8.34. The molecule has 0 radical (unpaired) electrons. The van der Waals surface area contributed by atoms with Crippen molar-refractivity contribution in [3.8, 4) is 0 Å². The van der Waals surface area contributed by atoms with Crippen molar-refractivity contribution in [2.24, 2.45) is 7.05 Å². The fourth-order valence-corrected chi connectivity index (χ4v) is 4.56. The van der Waals surface area contributed by atoms with E-state index in [1.54, 1.807) is 17.8 Å². The first-order valence-corrected chi connectivity index (χ1v) is 10.4. The quantitative estimate of drug-likeness (QED) is 0.802. The minimum atomic E-state index is -0.166. The van der Waals surface area contributed by atoms with Crippen molar-refractivity contribution in [2.45, 2.75) is 57.2 Å². The number of rotatable bonds is 5. The van der Waals surface area contributed by atoms with E-state index < -0.39 is 0 Å². The minimum absolute atomic E-state index is 0.0759. The highest BCUT2D eigenvalue weighted by Crippen LogP contribution is 2.29. The largest absolute Gasteiger partial charge is 0.365 e. The standard InChI is InChI=1S/C20H31N5O3/c1-14-10-18(23(2)22-14)20(27)21-11-17-12-25(19(26)13-28-17)16-6-8-24(9-7-16)15-4-3-5-15/h10,15-17H,3-9,11-13H2,1-2H3,(H,21,27)/t17-/m1/s1. The first-order chi connectivity index (χ1) is 13.5. The lowest BCUT2D eigenvalue weighted by atomic mass is 9.89. The Morgan fingerprint density at radius 3 is 2.61 bits per heavy atom. The number of carbonyl (C=O) groups excluding carboxylic acids is 2. The number of ether oxygens (including phenoxy) is 1. The monoisotopic (exact) mass is 389 g/mol. The average Bonchev–Trinajstić information content (AvgIpc) is 2.98. The van der Waals surface area contributed by atoms with Crippen LogP contribution in [-0.4, -0.2) is 82.4 Å². The van der Waals surface area contributed by atoms with Crippen molar-refractivity contribution in [2.75, 3.05) is 32.8 Å². The molecule has 4 rings (SSSR count). The highest BCUT2D eigenvalue weighted by atomic mass is 16.5. The predicted molar refractivity (Wildman–Crippen MR) is 104 cm³/mol. The van der Waals surface area contributed by atoms with Crippen LogP contribution in [0.3, 0.4) is 0 Å². The van der Waals surface area contributed by atoms with E-state index in [-0.39, 0.29) is 24.5 Å². The van der Waals surface area contributed by atoms with Crippen molar-refractivity contribution in [3.63, 3.8) is 0 Å². The summed E-state index contributed by atoms with van der Waals surface area (Å²) in [4.78, 5) is 29.4. The van der Waals surface area contributed by atoms with Crippen molar-refractivity contribution in [3.05, 3.63) is 17.5 Å². The first kappa shape index (κ1) is 19.4. The maximum Gasteiger partial charge on any atom is 0.269 e. The Kier molecular flexibility index (Phi) is 5.68. The van der Waals surface area contributed by atoms with Crippen LogP contribution in [0.15, 0.2) is 6.07 Å². The molecule has 1 aromatic heterocycles. The summed E-state index contributed by atoms with van der Waals surface area (Å²) in [6, 6.07) is 2.84. The molecule has 8 nitrogen and oxygen atoms in total. The van der Waals surface area contributed by atoms with Gasteiger partial charge in [0.25, 0.3) is 5.91 Å². The van der Waals surface area contributed by atoms with Gasteiger partial charge in [-0.15, -0.1) is 0 Å². The summed E-state index contributed by atoms with van der Waals surface area (Å²) in [5.41, 5.74) is 1.34. The lowest BCUT2D eigenvalue weighted by Crippen LogP contribution is -2.57. The second-order valence-electron chi connectivity index (χ2n) is 8.34. The van der Waals surface area contributed by atoms with Gasteiger partial charge in [0.1, 0.15) is 12.3 Å². The van der Waals surface area contributed by atoms with Gasteiger partial charge in [-0.25, -0.2) is 0 Å². The van der Waals surface area contributed by atoms with Gasteiger partial charge in [0, 0.05) is 45.3 Å². The van der Waals surface area contributed by atoms with E-state index in [0.717, 1.165) is 37.7 Å². The molecule has 3 heterocycles. The molecular formula is C20H31N5O3. The smallest absolute Gasteiger partial charge is 0.269 e. The second kappa shape index (κ2) is 8.21. The van der Waals surface area contributed by atoms with E-state index in [9.17, 15) is 9.59 Å². The molecule has 1 saturated carbocycles. The number of amides is 2. The molecule has 28 heavy (non-hydrogen) atoms. The molecule has 154 valence electrons. The van der Waals surface area contributed by atoms with Crippen molar-refractivity contribution < 1.29 is 14.3 Å². The topological polar surface area (TPSA) is 79.7 Å². The molecule has 1 aromatic rings. The number of nitrogens with zero attached hydrogens (tertiary/aromatic N) is 4. The molecular weight excluding hydrogens is 358 g/mol. The number of piperidine rings is 1. The number of hydrogen-bond acceptors (Lipinski definition) is 5. The number of morpholine rings is 1. The molecule has 3 aliphatic rings. The van der Waals surface area contributed by atoms with Gasteiger partial charge in [-0.2, -0.15) is 5.10 Å². The summed E-state index contributed by atoms with van der Waals surface area (Å²) in [6.07, 6.45) is 5.93. The fourth-order valence-electron chi connectivity index (χ4n) is 4.56. The Labute approximate surface area is 166 Å². The molecule has 1 aliphatic carbocycles. The lowest BCUT2D eigenvalue weighted by molar-refractivity contribution is -0.153. The summed E-state index contributed by atoms with van der Waals surface area (Å²) in [5.74, 6) is -0.0871. The highest BCUT2D eigenvalue weighted by Gasteiger charge is 2.35. The van der Waals surface area contributed by atoms with Gasteiger partial charge in [0.15, 0.2) is 0 Å². The number of nitrogens with one attached hydrogen (secondary N) is 1. The number of hydrogen-bond donors (Lipinski definition) is 1. The molecule has 2 amide bonds. The minimum Gasteiger partial charge on any atom is -0.365 e. The van der Waals surface area contributed by atoms with Crippen LogP contribution in [0.5, 0.6) is 0 Å². The SMILES string of the molecule is Cc1cc(C(=O)NC[C@@H]2CN(C3CCN(C4CCC4)CC3)C(=O)CO2)n(C)n1. The molecule has 8 heteroatoms. The number of aryl methyl sites for hydroxylation is 2. The molecule has 2 saturated heterocycles. The van der Waals surface area contributed by atoms with Crippen LogP contribution in [-0.2, 0) is 16.6 Å². The van der Waals surface area contributed by atoms with Gasteiger partial charge in [-0.1, -0.05) is 6.42 Å². The summed E-state index contributed by atoms with van der Waals surface area (Å²) in [6.45, 7) is 5.09. The molecule has 3 fully saturated rings. The van der Waals surface area contributed by atoms with Crippen LogP contribution in [0.25, 0.3) is 0 Å². The fraction of sp³-hybridized carbons (Fsp3) is 0.750. The number of aromatic nitrogens is 2. The molecule has 2 aliphatic heterocycles. The van der Waals surface area contributed by atoms with Crippen LogP contribution in [0, 0.1) is 6.92 Å². The van der Waals surface area contributed by atoms with Gasteiger partial charge < -0.3 is 19.9 Å². The van der Waals surface area contributed by atoms with Crippen LogP contribution in [0.2, 0.25) is 0 Å². The summed E-state index contributed by atoms with van der Waals surface area (Å²) < 4.78 is 7.26. The first-order valence-electron chi connectivity index (χ1n) is 10.4. The van der Waals surface area contributed by atoms with Gasteiger partial charge >= 0.3 is 0 Å². The third-order valence-corrected chi connectivity index (χ3v) is 6.42. The number of carbonyl (C=O) groups is 2. The zero-order chi connectivity index (χ0) is 19.7. The predicted octanol–water partition coefficient (Wildman–Crippen LogP) is 0.703. The van der Waals surface area contributed by atoms with Gasteiger partial charge in [-0.05, 0) is 38.7 Å². The van der Waals surface area contributed by atoms with Crippen molar-refractivity contribution >= 4 is 11.8 Å². The highest BCUT2D eigenvalue weighted by molar-refractivity contribution is 5.92. The zero-order valence-electron chi connectivity index (χ0n) is 16.9. The van der Waals surface area contributed by atoms with Gasteiger partial charge in [-0.3, -0.25) is 14.3 Å². The van der Waals surface area contributed by atoms with Crippen molar-refractivity contribution in [1.82, 2.24) is 24.9 Å². The van der Waals surface area contributed by atoms with Crippen LogP contribution < -0.4 is 5.32 Å². The summed E-state index contributed by atoms with van der Waals surface area (Å²) >= 11 is 0. The zero-order valence-corrected chi connectivity index (χ0v) is 16.9. The molecule has 0 unspecified atom stereocenters.